The van der Waals surface area contributed by atoms with Gasteiger partial charge < -0.3 is 0 Å². The summed E-state index contributed by atoms with van der Waals surface area (Å²) in [5.74, 6) is 0.709. The Hall–Kier alpha value is -0.109. The Morgan fingerprint density at radius 2 is 1.83 bits per heavy atom. The van der Waals surface area contributed by atoms with E-state index in [1.165, 1.54) is 12.0 Å². The van der Waals surface area contributed by atoms with Crippen LogP contribution in [0.2, 0.25) is 13.1 Å². The van der Waals surface area contributed by atoms with Gasteiger partial charge in [0.15, 0.2) is 0 Å². The van der Waals surface area contributed by atoms with Crippen molar-refractivity contribution in [1.82, 2.24) is 0 Å². The summed E-state index contributed by atoms with van der Waals surface area (Å²) in [5.41, 5.74) is 4.67. The Bertz CT molecular complexity index is 537. The second-order valence-electron chi connectivity index (χ2n) is 6.00. The molecule has 0 bridgehead atoms. The molecule has 0 fully saturated rings. The molecule has 2 aliphatic rings. The van der Waals surface area contributed by atoms with Crippen molar-refractivity contribution in [2.24, 2.45) is 5.92 Å². The average Bonchev–Trinajstić information content (AvgIpc) is 2.71. The Morgan fingerprint density at radius 3 is 2.22 bits per heavy atom. The molecule has 0 nitrogen and oxygen atoms in total. The number of hydrogen-bond acceptors (Lipinski definition) is 0. The summed E-state index contributed by atoms with van der Waals surface area (Å²) < 4.78 is 3.71. The van der Waals surface area contributed by atoms with Crippen LogP contribution in [0.5, 0.6) is 0 Å². The van der Waals surface area contributed by atoms with E-state index in [1.807, 2.05) is 7.76 Å². The van der Waals surface area contributed by atoms with Gasteiger partial charge in [-0.05, 0) is 0 Å². The van der Waals surface area contributed by atoms with Gasteiger partial charge in [-0.25, -0.2) is 0 Å². The van der Waals surface area contributed by atoms with Crippen LogP contribution in [0.3, 0.4) is 0 Å². The quantitative estimate of drug-likeness (QED) is 0.631. The van der Waals surface area contributed by atoms with Gasteiger partial charge in [0.2, 0.25) is 0 Å². The van der Waals surface area contributed by atoms with E-state index in [-0.39, 0.29) is 6.19 Å². The molecule has 96 valence electrons. The normalized spacial score (nSPS) is 23.0. The first-order valence-electron chi connectivity index (χ1n) is 6.85. The fourth-order valence-corrected chi connectivity index (χ4v) is 15.7. The van der Waals surface area contributed by atoms with Crippen LogP contribution in [0.4, 0.5) is 0 Å². The van der Waals surface area contributed by atoms with E-state index in [9.17, 15) is 0 Å². The Morgan fingerprint density at radius 1 is 1.17 bits per heavy atom. The molecule has 0 aromatic heterocycles. The van der Waals surface area contributed by atoms with Crippen LogP contribution in [-0.2, 0) is 16.6 Å². The molecule has 2 rings (SSSR count). The molecule has 1 unspecified atom stereocenters. The zero-order chi connectivity index (χ0) is 13.4. The van der Waals surface area contributed by atoms with E-state index in [1.54, 1.807) is 11.1 Å². The first kappa shape index (κ1) is 14.3. The SMILES string of the molecule is CC1=CC(C)[C]([Ti]([C]2=C(C)C=C(C)C2)=[Si](C)C)=C1. The van der Waals surface area contributed by atoms with Gasteiger partial charge in [0.25, 0.3) is 0 Å². The molecule has 0 heterocycles. The van der Waals surface area contributed by atoms with Crippen molar-refractivity contribution in [3.63, 3.8) is 0 Å². The zero-order valence-corrected chi connectivity index (χ0v) is 15.1. The second kappa shape index (κ2) is 5.48. The molecule has 0 saturated carbocycles. The first-order valence-corrected chi connectivity index (χ1v) is 13.3. The fraction of sp³-hybridized carbons (Fsp3) is 0.500. The van der Waals surface area contributed by atoms with Gasteiger partial charge in [-0.1, -0.05) is 0 Å². The predicted octanol–water partition coefficient (Wildman–Crippen LogP) is 4.96. The third kappa shape index (κ3) is 2.74. The molecule has 2 heteroatoms. The van der Waals surface area contributed by atoms with E-state index in [0.29, 0.717) is 5.92 Å². The maximum absolute atomic E-state index is 2.54. The van der Waals surface area contributed by atoms with E-state index in [4.69, 9.17) is 0 Å². The minimum atomic E-state index is -1.19. The summed E-state index contributed by atoms with van der Waals surface area (Å²) in [7, 11) is 0. The molecule has 0 spiro atoms. The molecular formula is C16H24SiTi. The Kier molecular flexibility index (Phi) is 4.36. The molecule has 1 atom stereocenters. The van der Waals surface area contributed by atoms with Gasteiger partial charge >= 0.3 is 119 Å². The summed E-state index contributed by atoms with van der Waals surface area (Å²) in [6, 6.07) is 0. The van der Waals surface area contributed by atoms with Crippen LogP contribution in [0.25, 0.3) is 0 Å². The molecule has 2 aliphatic carbocycles. The van der Waals surface area contributed by atoms with Crippen LogP contribution in [-0.4, -0.2) is 6.19 Å². The van der Waals surface area contributed by atoms with Gasteiger partial charge in [0, 0.05) is 0 Å². The van der Waals surface area contributed by atoms with E-state index < -0.39 is 16.6 Å². The van der Waals surface area contributed by atoms with E-state index in [0.717, 1.165) is 0 Å². The summed E-state index contributed by atoms with van der Waals surface area (Å²) in [5, 5.41) is 0. The van der Waals surface area contributed by atoms with Crippen molar-refractivity contribution in [2.45, 2.75) is 47.2 Å². The van der Waals surface area contributed by atoms with Gasteiger partial charge in [0.05, 0.1) is 0 Å². The molecule has 0 saturated heterocycles. The topological polar surface area (TPSA) is 0 Å². The Labute approximate surface area is 118 Å². The average molecular weight is 292 g/mol. The molecule has 18 heavy (non-hydrogen) atoms. The van der Waals surface area contributed by atoms with Crippen molar-refractivity contribution in [3.05, 3.63) is 42.7 Å². The molecule has 0 radical (unpaired) electrons. The molecular weight excluding hydrogens is 268 g/mol. The van der Waals surface area contributed by atoms with Crippen LogP contribution >= 0.6 is 0 Å². The molecule has 0 amide bonds. The summed E-state index contributed by atoms with van der Waals surface area (Å²) in [6.45, 7) is 14.4. The van der Waals surface area contributed by atoms with Crippen molar-refractivity contribution >= 4 is 6.19 Å². The monoisotopic (exact) mass is 292 g/mol. The third-order valence-corrected chi connectivity index (χ3v) is 15.7. The standard InChI is InChI=1S/2C7H9.C2H6Si.Ti/c2*1-6-3-4-7(2)5-6;1-3-2;/h5H,3H2,1-2H3;3,5,7H,1-2H3;1-2H3;. The fourth-order valence-electron chi connectivity index (χ4n) is 3.19. The molecule has 0 aromatic rings. The third-order valence-electron chi connectivity index (χ3n) is 3.87. The molecule has 0 aliphatic heterocycles. The van der Waals surface area contributed by atoms with Gasteiger partial charge in [0.1, 0.15) is 0 Å². The molecule has 0 N–H and O–H groups in total. The van der Waals surface area contributed by atoms with Crippen molar-refractivity contribution in [2.75, 3.05) is 0 Å². The van der Waals surface area contributed by atoms with Crippen molar-refractivity contribution < 1.29 is 16.6 Å². The number of allylic oxidation sites excluding steroid dienone is 8. The van der Waals surface area contributed by atoms with Crippen LogP contribution in [0.15, 0.2) is 42.7 Å². The first-order chi connectivity index (χ1) is 8.40. The zero-order valence-electron chi connectivity index (χ0n) is 12.5. The predicted molar refractivity (Wildman–Crippen MR) is 79.6 cm³/mol. The Balaban J connectivity index is 2.44. The summed E-state index contributed by atoms with van der Waals surface area (Å²) in [4.78, 5) is 0. The van der Waals surface area contributed by atoms with Crippen molar-refractivity contribution in [1.29, 1.82) is 0 Å². The van der Waals surface area contributed by atoms with Gasteiger partial charge in [-0.15, -0.1) is 0 Å². The van der Waals surface area contributed by atoms with Crippen LogP contribution < -0.4 is 0 Å². The number of rotatable bonds is 2. The number of hydrogen-bond donors (Lipinski definition) is 0. The summed E-state index contributed by atoms with van der Waals surface area (Å²) >= 11 is -1.19. The van der Waals surface area contributed by atoms with E-state index >= 15 is 0 Å². The summed E-state index contributed by atoms with van der Waals surface area (Å²) in [6.07, 6.45) is 8.50. The van der Waals surface area contributed by atoms with Crippen molar-refractivity contribution in [3.8, 4) is 0 Å². The maximum atomic E-state index is 2.54. The second-order valence-corrected chi connectivity index (χ2v) is 17.8. The minimum absolute atomic E-state index is 0.176. The van der Waals surface area contributed by atoms with E-state index in [2.05, 4.69) is 59.0 Å². The van der Waals surface area contributed by atoms with Gasteiger partial charge in [-0.2, -0.15) is 0 Å². The van der Waals surface area contributed by atoms with Crippen LogP contribution in [0, 0.1) is 5.92 Å². The van der Waals surface area contributed by atoms with Crippen LogP contribution in [0.1, 0.15) is 34.1 Å². The molecule has 0 aromatic carbocycles. The van der Waals surface area contributed by atoms with Gasteiger partial charge in [-0.3, -0.25) is 0 Å².